The highest BCUT2D eigenvalue weighted by Gasteiger charge is 2.13. The molecule has 0 aliphatic rings. The first kappa shape index (κ1) is 22.8. The van der Waals surface area contributed by atoms with E-state index in [9.17, 15) is 9.59 Å². The molecule has 0 unspecified atom stereocenters. The molecule has 1 heterocycles. The average Bonchev–Trinajstić information content (AvgIpc) is 2.87. The molecule has 4 aromatic rings. The van der Waals surface area contributed by atoms with Crippen LogP contribution < -0.4 is 20.3 Å². The lowest BCUT2D eigenvalue weighted by atomic mass is 10.1. The summed E-state index contributed by atoms with van der Waals surface area (Å²) in [5.74, 6) is 1.59. The van der Waals surface area contributed by atoms with E-state index in [4.69, 9.17) is 9.47 Å². The van der Waals surface area contributed by atoms with E-state index in [-0.39, 0.29) is 24.6 Å². The number of benzene rings is 3. The molecule has 3 aromatic carbocycles. The van der Waals surface area contributed by atoms with Gasteiger partial charge in [0.2, 0.25) is 0 Å². The number of carbonyl (C=O) groups excluding carboxylic acids is 1. The Hall–Kier alpha value is -4.39. The number of rotatable bonds is 9. The minimum atomic E-state index is -0.290. The van der Waals surface area contributed by atoms with E-state index in [0.717, 1.165) is 11.3 Å². The fourth-order valence-corrected chi connectivity index (χ4v) is 3.38. The van der Waals surface area contributed by atoms with Gasteiger partial charge < -0.3 is 14.8 Å². The zero-order chi connectivity index (χ0) is 23.8. The molecule has 1 aromatic heterocycles. The molecule has 0 spiro atoms. The van der Waals surface area contributed by atoms with E-state index < -0.39 is 0 Å². The van der Waals surface area contributed by atoms with Crippen molar-refractivity contribution < 1.29 is 14.3 Å². The fourth-order valence-electron chi connectivity index (χ4n) is 3.38. The largest absolute Gasteiger partial charge is 0.494 e. The highest BCUT2D eigenvalue weighted by atomic mass is 16.5. The van der Waals surface area contributed by atoms with E-state index in [2.05, 4.69) is 10.4 Å². The first-order valence-electron chi connectivity index (χ1n) is 11.1. The van der Waals surface area contributed by atoms with E-state index in [0.29, 0.717) is 29.4 Å². The molecule has 4 rings (SSSR count). The monoisotopic (exact) mass is 455 g/mol. The van der Waals surface area contributed by atoms with Crippen LogP contribution in [0.15, 0.2) is 95.8 Å². The van der Waals surface area contributed by atoms with E-state index in [1.165, 1.54) is 10.7 Å². The second kappa shape index (κ2) is 11.0. The Kier molecular flexibility index (Phi) is 7.35. The number of aromatic nitrogens is 2. The number of hydrogen-bond acceptors (Lipinski definition) is 5. The van der Waals surface area contributed by atoms with Crippen molar-refractivity contribution in [2.24, 2.45) is 0 Å². The van der Waals surface area contributed by atoms with Crippen molar-refractivity contribution in [2.45, 2.75) is 13.5 Å². The lowest BCUT2D eigenvalue weighted by molar-refractivity contribution is 0.0949. The smallest absolute Gasteiger partial charge is 0.266 e. The lowest BCUT2D eigenvalue weighted by Crippen LogP contribution is -2.32. The van der Waals surface area contributed by atoms with Crippen LogP contribution >= 0.6 is 0 Å². The third-order valence-corrected chi connectivity index (χ3v) is 5.04. The molecule has 0 atom stereocenters. The summed E-state index contributed by atoms with van der Waals surface area (Å²) >= 11 is 0. The summed E-state index contributed by atoms with van der Waals surface area (Å²) in [5.41, 5.74) is 1.70. The molecule has 0 bridgehead atoms. The minimum Gasteiger partial charge on any atom is -0.494 e. The number of carbonyl (C=O) groups is 1. The SMILES string of the molecule is CCOc1ccc(-c2ccc(=O)n(CCNC(=O)c3ccccc3Oc3ccccc3)n2)cc1. The number of hydrogen-bond donors (Lipinski definition) is 1. The zero-order valence-electron chi connectivity index (χ0n) is 18.8. The first-order valence-corrected chi connectivity index (χ1v) is 11.1. The predicted octanol–water partition coefficient (Wildman–Crippen LogP) is 4.53. The van der Waals surface area contributed by atoms with Crippen LogP contribution in [-0.4, -0.2) is 28.8 Å². The third-order valence-electron chi connectivity index (χ3n) is 5.04. The van der Waals surface area contributed by atoms with Crippen molar-refractivity contribution in [1.82, 2.24) is 15.1 Å². The Morgan fingerprint density at radius 1 is 0.882 bits per heavy atom. The van der Waals surface area contributed by atoms with Gasteiger partial charge in [-0.15, -0.1) is 0 Å². The molecule has 172 valence electrons. The van der Waals surface area contributed by atoms with Gasteiger partial charge in [-0.3, -0.25) is 9.59 Å². The van der Waals surface area contributed by atoms with Crippen molar-refractivity contribution in [3.8, 4) is 28.5 Å². The molecule has 0 radical (unpaired) electrons. The Balaban J connectivity index is 1.41. The van der Waals surface area contributed by atoms with Gasteiger partial charge in [-0.1, -0.05) is 30.3 Å². The number of nitrogens with zero attached hydrogens (tertiary/aromatic N) is 2. The van der Waals surface area contributed by atoms with Crippen molar-refractivity contribution in [1.29, 1.82) is 0 Å². The van der Waals surface area contributed by atoms with Gasteiger partial charge >= 0.3 is 0 Å². The number of amides is 1. The Bertz CT molecular complexity index is 1300. The van der Waals surface area contributed by atoms with Gasteiger partial charge in [0.1, 0.15) is 17.2 Å². The molecule has 1 amide bonds. The van der Waals surface area contributed by atoms with Gasteiger partial charge in [-0.05, 0) is 61.5 Å². The second-order valence-electron chi connectivity index (χ2n) is 7.40. The van der Waals surface area contributed by atoms with Crippen LogP contribution in [0.1, 0.15) is 17.3 Å². The van der Waals surface area contributed by atoms with E-state index >= 15 is 0 Å². The normalized spacial score (nSPS) is 10.5. The van der Waals surface area contributed by atoms with Gasteiger partial charge in [-0.2, -0.15) is 5.10 Å². The minimum absolute atomic E-state index is 0.233. The standard InChI is InChI=1S/C27H25N3O4/c1-2-33-21-14-12-20(13-15-21)24-16-17-26(31)30(29-24)19-18-28-27(32)23-10-6-7-11-25(23)34-22-8-4-3-5-9-22/h3-17H,2,18-19H2,1H3,(H,28,32). The van der Waals surface area contributed by atoms with Crippen LogP contribution in [-0.2, 0) is 6.54 Å². The van der Waals surface area contributed by atoms with Crippen molar-refractivity contribution >= 4 is 5.91 Å². The molecule has 0 saturated carbocycles. The topological polar surface area (TPSA) is 82.5 Å². The van der Waals surface area contributed by atoms with Crippen LogP contribution in [0, 0.1) is 0 Å². The van der Waals surface area contributed by atoms with Crippen LogP contribution in [0.3, 0.4) is 0 Å². The van der Waals surface area contributed by atoms with E-state index in [1.54, 1.807) is 24.3 Å². The maximum Gasteiger partial charge on any atom is 0.266 e. The van der Waals surface area contributed by atoms with Crippen molar-refractivity contribution in [2.75, 3.05) is 13.2 Å². The van der Waals surface area contributed by atoms with Crippen LogP contribution in [0.2, 0.25) is 0 Å². The highest BCUT2D eigenvalue weighted by Crippen LogP contribution is 2.25. The molecule has 0 saturated heterocycles. The predicted molar refractivity (Wildman–Crippen MR) is 130 cm³/mol. The Morgan fingerprint density at radius 3 is 2.38 bits per heavy atom. The average molecular weight is 456 g/mol. The van der Waals surface area contributed by atoms with Crippen molar-refractivity contribution in [3.05, 3.63) is 107 Å². The second-order valence-corrected chi connectivity index (χ2v) is 7.40. The van der Waals surface area contributed by atoms with Crippen molar-refractivity contribution in [3.63, 3.8) is 0 Å². The van der Waals surface area contributed by atoms with Gasteiger partial charge in [0.05, 0.1) is 24.4 Å². The van der Waals surface area contributed by atoms with E-state index in [1.807, 2.05) is 67.6 Å². The molecule has 0 aliphatic carbocycles. The number of para-hydroxylation sites is 2. The van der Waals surface area contributed by atoms with Gasteiger partial charge in [0, 0.05) is 18.2 Å². The summed E-state index contributed by atoms with van der Waals surface area (Å²) in [7, 11) is 0. The quantitative estimate of drug-likeness (QED) is 0.401. The number of nitrogens with one attached hydrogen (secondary N) is 1. The first-order chi connectivity index (χ1) is 16.6. The molecule has 7 heteroatoms. The third kappa shape index (κ3) is 5.69. The molecule has 0 fully saturated rings. The fraction of sp³-hybridized carbons (Fsp3) is 0.148. The summed E-state index contributed by atoms with van der Waals surface area (Å²) in [4.78, 5) is 25.1. The Labute approximate surface area is 197 Å². The maximum absolute atomic E-state index is 12.8. The molecule has 7 nitrogen and oxygen atoms in total. The lowest BCUT2D eigenvalue weighted by Gasteiger charge is -2.12. The summed E-state index contributed by atoms with van der Waals surface area (Å²) in [6, 6.07) is 27.0. The summed E-state index contributed by atoms with van der Waals surface area (Å²) in [5, 5.41) is 7.29. The van der Waals surface area contributed by atoms with Gasteiger partial charge in [0.15, 0.2) is 0 Å². The summed E-state index contributed by atoms with van der Waals surface area (Å²) in [6.07, 6.45) is 0. The highest BCUT2D eigenvalue weighted by molar-refractivity contribution is 5.97. The number of ether oxygens (including phenoxy) is 2. The van der Waals surface area contributed by atoms with Gasteiger partial charge in [0.25, 0.3) is 11.5 Å². The Morgan fingerprint density at radius 2 is 1.62 bits per heavy atom. The maximum atomic E-state index is 12.8. The van der Waals surface area contributed by atoms with Crippen LogP contribution in [0.4, 0.5) is 0 Å². The molecular weight excluding hydrogens is 430 g/mol. The van der Waals surface area contributed by atoms with Crippen LogP contribution in [0.25, 0.3) is 11.3 Å². The molecule has 34 heavy (non-hydrogen) atoms. The molecule has 0 aliphatic heterocycles. The van der Waals surface area contributed by atoms with Gasteiger partial charge in [-0.25, -0.2) is 4.68 Å². The zero-order valence-corrected chi connectivity index (χ0v) is 18.8. The summed E-state index contributed by atoms with van der Waals surface area (Å²) in [6.45, 7) is 2.99. The summed E-state index contributed by atoms with van der Waals surface area (Å²) < 4.78 is 12.7. The molecule has 1 N–H and O–H groups in total. The van der Waals surface area contributed by atoms with Crippen LogP contribution in [0.5, 0.6) is 17.2 Å². The molecular formula is C27H25N3O4.